The highest BCUT2D eigenvalue weighted by Gasteiger charge is 2.59. The van der Waals surface area contributed by atoms with Crippen LogP contribution in [0.2, 0.25) is 5.02 Å². The predicted molar refractivity (Wildman–Crippen MR) is 133 cm³/mol. The quantitative estimate of drug-likeness (QED) is 0.234. The summed E-state index contributed by atoms with van der Waals surface area (Å²) in [6.07, 6.45) is 0.0106. The van der Waals surface area contributed by atoms with Gasteiger partial charge in [0.1, 0.15) is 11.4 Å². The molecule has 0 saturated carbocycles. The number of ether oxygens (including phenoxy) is 1. The van der Waals surface area contributed by atoms with Gasteiger partial charge in [-0.1, -0.05) is 58.4 Å². The highest BCUT2D eigenvalue weighted by Crippen LogP contribution is 2.34. The Labute approximate surface area is 217 Å². The average Bonchev–Trinajstić information content (AvgIpc) is 2.82. The predicted octanol–water partition coefficient (Wildman–Crippen LogP) is 2.41. The van der Waals surface area contributed by atoms with Crippen molar-refractivity contribution in [3.05, 3.63) is 81.3 Å². The summed E-state index contributed by atoms with van der Waals surface area (Å²) in [6, 6.07) is 11.1. The monoisotopic (exact) mass is 578 g/mol. The van der Waals surface area contributed by atoms with Gasteiger partial charge in [-0.15, -0.1) is 0 Å². The molecule has 0 aromatic heterocycles. The molecule has 2 aliphatic rings. The van der Waals surface area contributed by atoms with Gasteiger partial charge in [0, 0.05) is 20.8 Å². The van der Waals surface area contributed by atoms with E-state index in [0.717, 1.165) is 9.37 Å². The van der Waals surface area contributed by atoms with E-state index < -0.39 is 58.4 Å². The molecule has 3 unspecified atom stereocenters. The smallest absolute Gasteiger partial charge is 0.333 e. The topological polar surface area (TPSA) is 110 Å². The number of carbonyl (C=O) groups is 4. The molecule has 2 aromatic rings. The number of carbonyl (C=O) groups excluding carboxylic acids is 4. The Morgan fingerprint density at radius 3 is 2.46 bits per heavy atom. The largest absolute Gasteiger partial charge is 0.455 e. The summed E-state index contributed by atoms with van der Waals surface area (Å²) in [5.41, 5.74) is 1.32. The van der Waals surface area contributed by atoms with Gasteiger partial charge in [0.25, 0.3) is 0 Å². The lowest BCUT2D eigenvalue weighted by Gasteiger charge is -2.52. The molecule has 4 rings (SSSR count). The van der Waals surface area contributed by atoms with Crippen LogP contribution in [0.15, 0.2) is 65.2 Å². The molecule has 2 saturated heterocycles. The summed E-state index contributed by atoms with van der Waals surface area (Å²) in [6.45, 7) is 3.28. The van der Waals surface area contributed by atoms with Crippen molar-refractivity contribution in [2.45, 2.75) is 23.9 Å². The summed E-state index contributed by atoms with van der Waals surface area (Å²) in [5, 5.41) is 2.26. The van der Waals surface area contributed by atoms with E-state index in [1.165, 1.54) is 0 Å². The lowest BCUT2D eigenvalue weighted by Crippen LogP contribution is -2.77. The highest BCUT2D eigenvalue weighted by molar-refractivity contribution is 9.10. The summed E-state index contributed by atoms with van der Waals surface area (Å²) in [5.74, 6) is -2.25. The molecule has 4 atom stereocenters. The van der Waals surface area contributed by atoms with E-state index >= 15 is 0 Å². The lowest BCUT2D eigenvalue weighted by molar-refractivity contribution is -0.163. The molecule has 2 amide bonds. The van der Waals surface area contributed by atoms with Crippen molar-refractivity contribution in [1.29, 1.82) is 0 Å². The number of hydrogen-bond acceptors (Lipinski definition) is 6. The second kappa shape index (κ2) is 10.4. The fourth-order valence-electron chi connectivity index (χ4n) is 3.94. The van der Waals surface area contributed by atoms with E-state index in [1.807, 2.05) is 0 Å². The third-order valence-electron chi connectivity index (χ3n) is 5.67. The van der Waals surface area contributed by atoms with Crippen molar-refractivity contribution in [2.24, 2.45) is 0 Å². The molecule has 2 fully saturated rings. The van der Waals surface area contributed by atoms with Crippen LogP contribution in [-0.4, -0.2) is 62.5 Å². The van der Waals surface area contributed by atoms with Crippen LogP contribution in [0.4, 0.5) is 0 Å². The van der Waals surface area contributed by atoms with E-state index in [2.05, 4.69) is 27.8 Å². The van der Waals surface area contributed by atoms with E-state index in [0.29, 0.717) is 16.1 Å². The maximum Gasteiger partial charge on any atom is 0.333 e. The van der Waals surface area contributed by atoms with Gasteiger partial charge in [-0.2, -0.15) is 0 Å². The molecule has 8 nitrogen and oxygen atoms in total. The van der Waals surface area contributed by atoms with Crippen molar-refractivity contribution >= 4 is 61.9 Å². The van der Waals surface area contributed by atoms with Crippen LogP contribution in [-0.2, 0) is 36.3 Å². The van der Waals surface area contributed by atoms with Gasteiger partial charge in [0.05, 0.1) is 17.2 Å². The van der Waals surface area contributed by atoms with E-state index in [1.54, 1.807) is 48.5 Å². The van der Waals surface area contributed by atoms with Gasteiger partial charge in [-0.3, -0.25) is 18.6 Å². The number of rotatable bonds is 7. The Morgan fingerprint density at radius 1 is 1.14 bits per heavy atom. The zero-order chi connectivity index (χ0) is 25.3. The Kier molecular flexibility index (Phi) is 7.53. The third-order valence-corrected chi connectivity index (χ3v) is 8.15. The van der Waals surface area contributed by atoms with Gasteiger partial charge in [-0.05, 0) is 35.4 Å². The molecular formula is C24H20BrClN2O6S. The Hall–Kier alpha value is -2.82. The molecule has 0 spiro atoms. The number of Topliss-reactive ketones (excluding diaryl/α,β-unsaturated/α-hetero) is 1. The molecule has 2 aromatic carbocycles. The molecule has 2 aliphatic heterocycles. The number of nitrogens with one attached hydrogen (secondary N) is 1. The number of halogens is 2. The first-order valence-electron chi connectivity index (χ1n) is 10.5. The zero-order valence-electron chi connectivity index (χ0n) is 18.2. The first kappa shape index (κ1) is 25.3. The second-order valence-electron chi connectivity index (χ2n) is 8.11. The van der Waals surface area contributed by atoms with Crippen molar-refractivity contribution in [2.75, 3.05) is 12.4 Å². The van der Waals surface area contributed by atoms with Gasteiger partial charge in [-0.25, -0.2) is 4.79 Å². The third kappa shape index (κ3) is 5.39. The average molecular weight is 580 g/mol. The molecule has 0 aliphatic carbocycles. The van der Waals surface area contributed by atoms with Crippen LogP contribution in [0.1, 0.15) is 15.9 Å². The van der Waals surface area contributed by atoms with Crippen LogP contribution in [0, 0.1) is 0 Å². The lowest BCUT2D eigenvalue weighted by atomic mass is 9.98. The highest BCUT2D eigenvalue weighted by atomic mass is 79.9. The number of nitrogens with zero attached hydrogens (tertiary/aromatic N) is 1. The van der Waals surface area contributed by atoms with E-state index in [-0.39, 0.29) is 17.7 Å². The molecule has 2 heterocycles. The minimum Gasteiger partial charge on any atom is -0.455 e. The molecule has 0 bridgehead atoms. The summed E-state index contributed by atoms with van der Waals surface area (Å²) in [4.78, 5) is 51.6. The Balaban J connectivity index is 1.39. The molecular weight excluding hydrogens is 560 g/mol. The van der Waals surface area contributed by atoms with Crippen LogP contribution < -0.4 is 5.32 Å². The van der Waals surface area contributed by atoms with Crippen LogP contribution in [0.25, 0.3) is 0 Å². The maximum absolute atomic E-state index is 12.9. The number of fused-ring (bicyclic) bond motifs is 1. The molecule has 11 heteroatoms. The first-order chi connectivity index (χ1) is 16.7. The van der Waals surface area contributed by atoms with Gasteiger partial charge >= 0.3 is 5.97 Å². The Morgan fingerprint density at radius 2 is 1.80 bits per heavy atom. The summed E-state index contributed by atoms with van der Waals surface area (Å²) in [7, 11) is -1.56. The number of amides is 2. The SMILES string of the molecule is C=C1CS(=O)[C@H]2C(NC(=O)Cc3ccc(Cl)cc3)C(=O)N2C1C(=O)OCC(=O)c1ccc(Br)cc1. The number of hydrogen-bond donors (Lipinski definition) is 1. The van der Waals surface area contributed by atoms with E-state index in [9.17, 15) is 23.4 Å². The van der Waals surface area contributed by atoms with Gasteiger partial charge in [0.15, 0.2) is 18.4 Å². The van der Waals surface area contributed by atoms with Crippen molar-refractivity contribution in [3.8, 4) is 0 Å². The molecule has 35 heavy (non-hydrogen) atoms. The van der Waals surface area contributed by atoms with E-state index in [4.69, 9.17) is 16.3 Å². The summed E-state index contributed by atoms with van der Waals surface area (Å²) < 4.78 is 18.7. The first-order valence-corrected chi connectivity index (χ1v) is 13.1. The number of benzene rings is 2. The van der Waals surface area contributed by atoms with Crippen LogP contribution in [0.3, 0.4) is 0 Å². The molecule has 182 valence electrons. The fourth-order valence-corrected chi connectivity index (χ4v) is 5.99. The minimum atomic E-state index is -1.56. The second-order valence-corrected chi connectivity index (χ2v) is 11.0. The fraction of sp³-hybridized carbons (Fsp3) is 0.250. The maximum atomic E-state index is 12.9. The van der Waals surface area contributed by atoms with Crippen LogP contribution >= 0.6 is 27.5 Å². The number of esters is 1. The van der Waals surface area contributed by atoms with Gasteiger partial charge < -0.3 is 15.0 Å². The van der Waals surface area contributed by atoms with Crippen molar-refractivity contribution in [1.82, 2.24) is 10.2 Å². The minimum absolute atomic E-state index is 0.0106. The molecule has 0 radical (unpaired) electrons. The standard InChI is InChI=1S/C24H20BrClN2O6S/c1-13-12-35(33)23-20(27-19(30)10-14-2-8-17(26)9-3-14)22(31)28(23)21(13)24(32)34-11-18(29)15-4-6-16(25)7-5-15/h2-9,20-21,23H,1,10-12H2,(H,27,30)/t20?,21?,23-,35?/m0/s1. The van der Waals surface area contributed by atoms with Crippen LogP contribution in [0.5, 0.6) is 0 Å². The zero-order valence-corrected chi connectivity index (χ0v) is 21.4. The van der Waals surface area contributed by atoms with Crippen molar-refractivity contribution in [3.63, 3.8) is 0 Å². The Bertz CT molecular complexity index is 1230. The number of ketones is 1. The summed E-state index contributed by atoms with van der Waals surface area (Å²) >= 11 is 9.14. The molecule has 1 N–H and O–H groups in total. The van der Waals surface area contributed by atoms with Gasteiger partial charge in [0.2, 0.25) is 11.8 Å². The normalized spacial score (nSPS) is 23.2. The van der Waals surface area contributed by atoms with Crippen molar-refractivity contribution < 1.29 is 28.1 Å². The number of β-lactam (4-membered cyclic amide) rings is 1.